The highest BCUT2D eigenvalue weighted by atomic mass is 19.1. The minimum absolute atomic E-state index is 0.0324. The maximum absolute atomic E-state index is 13.2. The lowest BCUT2D eigenvalue weighted by Gasteiger charge is -2.26. The van der Waals surface area contributed by atoms with Crippen LogP contribution in [0.15, 0.2) is 54.7 Å². The molecule has 5 nitrogen and oxygen atoms in total. The number of carbonyl (C=O) groups is 1. The number of carbonyl (C=O) groups excluding carboxylic acids is 1. The average Bonchev–Trinajstić information content (AvgIpc) is 3.05. The highest BCUT2D eigenvalue weighted by Crippen LogP contribution is 2.41. The van der Waals surface area contributed by atoms with Gasteiger partial charge in [0.2, 0.25) is 5.91 Å². The highest BCUT2D eigenvalue weighted by molar-refractivity contribution is 5.94. The summed E-state index contributed by atoms with van der Waals surface area (Å²) in [6.07, 6.45) is 2.11. The first-order valence-electron chi connectivity index (χ1n) is 8.92. The Morgan fingerprint density at radius 2 is 1.89 bits per heavy atom. The second-order valence-corrected chi connectivity index (χ2v) is 6.85. The number of aromatic nitrogens is 2. The van der Waals surface area contributed by atoms with Gasteiger partial charge in [-0.1, -0.05) is 18.2 Å². The quantitative estimate of drug-likeness (QED) is 0.751. The van der Waals surface area contributed by atoms with E-state index in [2.05, 4.69) is 10.4 Å². The zero-order chi connectivity index (χ0) is 19.0. The van der Waals surface area contributed by atoms with Crippen molar-refractivity contribution in [1.29, 1.82) is 0 Å². The summed E-state index contributed by atoms with van der Waals surface area (Å²) in [5.41, 5.74) is 2.56. The number of hydrogen-bond acceptors (Lipinski definition) is 3. The third kappa shape index (κ3) is 3.30. The normalized spacial score (nSPS) is 16.1. The lowest BCUT2D eigenvalue weighted by atomic mass is 9.87. The number of fused-ring (bicyclic) bond motifs is 1. The molecular weight excluding hydrogens is 345 g/mol. The van der Waals surface area contributed by atoms with E-state index in [1.165, 1.54) is 12.1 Å². The molecule has 1 N–H and O–H groups in total. The van der Waals surface area contributed by atoms with Gasteiger partial charge in [-0.05, 0) is 44.2 Å². The van der Waals surface area contributed by atoms with Crippen molar-refractivity contribution in [1.82, 2.24) is 9.78 Å². The van der Waals surface area contributed by atoms with Crippen LogP contribution in [0.1, 0.15) is 37.3 Å². The Bertz CT molecular complexity index is 979. The van der Waals surface area contributed by atoms with E-state index in [4.69, 9.17) is 4.74 Å². The van der Waals surface area contributed by atoms with Gasteiger partial charge in [0.1, 0.15) is 17.4 Å². The molecule has 1 atom stereocenters. The van der Waals surface area contributed by atoms with Crippen LogP contribution in [0.2, 0.25) is 0 Å². The van der Waals surface area contributed by atoms with Gasteiger partial charge < -0.3 is 10.1 Å². The van der Waals surface area contributed by atoms with Crippen molar-refractivity contribution >= 4 is 11.7 Å². The van der Waals surface area contributed by atoms with Gasteiger partial charge in [0.05, 0.1) is 18.0 Å². The van der Waals surface area contributed by atoms with Crippen LogP contribution < -0.4 is 10.1 Å². The van der Waals surface area contributed by atoms with Crippen molar-refractivity contribution < 1.29 is 13.9 Å². The fraction of sp³-hybridized carbons (Fsp3) is 0.238. The number of ether oxygens (including phenoxy) is 1. The largest absolute Gasteiger partial charge is 0.491 e. The Morgan fingerprint density at radius 1 is 1.15 bits per heavy atom. The zero-order valence-electron chi connectivity index (χ0n) is 15.1. The first-order chi connectivity index (χ1) is 13.0. The minimum atomic E-state index is -0.318. The monoisotopic (exact) mass is 365 g/mol. The van der Waals surface area contributed by atoms with Crippen LogP contribution in [0, 0.1) is 5.82 Å². The molecule has 2 heterocycles. The summed E-state index contributed by atoms with van der Waals surface area (Å²) < 4.78 is 20.8. The molecule has 138 valence electrons. The van der Waals surface area contributed by atoms with Gasteiger partial charge in [-0.3, -0.25) is 4.79 Å². The number of amides is 1. The molecule has 6 heteroatoms. The average molecular weight is 365 g/mol. The number of anilines is 1. The number of para-hydroxylation sites is 1. The van der Waals surface area contributed by atoms with Crippen LogP contribution in [0.25, 0.3) is 5.69 Å². The zero-order valence-corrected chi connectivity index (χ0v) is 15.1. The number of rotatable bonds is 4. The lowest BCUT2D eigenvalue weighted by molar-refractivity contribution is -0.116. The molecule has 1 aromatic heterocycles. The topological polar surface area (TPSA) is 56.1 Å². The first-order valence-corrected chi connectivity index (χ1v) is 8.92. The predicted octanol–water partition coefficient (Wildman–Crippen LogP) is 4.27. The predicted molar refractivity (Wildman–Crippen MR) is 101 cm³/mol. The number of nitrogens with zero attached hydrogens (tertiary/aromatic N) is 2. The molecule has 0 bridgehead atoms. The third-order valence-corrected chi connectivity index (χ3v) is 4.55. The second kappa shape index (κ2) is 6.87. The molecule has 0 saturated heterocycles. The summed E-state index contributed by atoms with van der Waals surface area (Å²) in [5, 5.41) is 7.35. The first kappa shape index (κ1) is 17.3. The molecule has 0 radical (unpaired) electrons. The van der Waals surface area contributed by atoms with Crippen LogP contribution in [0.3, 0.4) is 0 Å². The van der Waals surface area contributed by atoms with Gasteiger partial charge in [-0.2, -0.15) is 5.10 Å². The summed E-state index contributed by atoms with van der Waals surface area (Å²) in [6, 6.07) is 13.8. The second-order valence-electron chi connectivity index (χ2n) is 6.85. The van der Waals surface area contributed by atoms with Crippen molar-refractivity contribution in [3.63, 3.8) is 0 Å². The molecule has 2 aromatic carbocycles. The molecule has 0 aliphatic carbocycles. The van der Waals surface area contributed by atoms with Crippen molar-refractivity contribution in [2.45, 2.75) is 32.3 Å². The summed E-state index contributed by atoms with van der Waals surface area (Å²) >= 11 is 0. The van der Waals surface area contributed by atoms with E-state index in [1.54, 1.807) is 23.0 Å². The minimum Gasteiger partial charge on any atom is -0.491 e. The van der Waals surface area contributed by atoms with E-state index in [1.807, 2.05) is 38.1 Å². The summed E-state index contributed by atoms with van der Waals surface area (Å²) in [5.74, 6) is 0.824. The fourth-order valence-corrected chi connectivity index (χ4v) is 3.40. The maximum Gasteiger partial charge on any atom is 0.226 e. The molecule has 1 amide bonds. The number of halogens is 1. The van der Waals surface area contributed by atoms with Crippen LogP contribution in [0.5, 0.6) is 5.75 Å². The van der Waals surface area contributed by atoms with Gasteiger partial charge >= 0.3 is 0 Å². The van der Waals surface area contributed by atoms with Gasteiger partial charge in [-0.15, -0.1) is 0 Å². The third-order valence-electron chi connectivity index (χ3n) is 4.55. The molecule has 0 fully saturated rings. The maximum atomic E-state index is 13.2. The van der Waals surface area contributed by atoms with Crippen LogP contribution in [0.4, 0.5) is 10.2 Å². The number of benzene rings is 2. The summed E-state index contributed by atoms with van der Waals surface area (Å²) in [4.78, 5) is 12.4. The van der Waals surface area contributed by atoms with Crippen LogP contribution in [-0.4, -0.2) is 21.8 Å². The van der Waals surface area contributed by atoms with E-state index >= 15 is 0 Å². The molecule has 0 saturated carbocycles. The SMILES string of the molecule is CC(C)Oc1ccccc1C1CC(=O)Nc2c1cnn2-c1ccc(F)cc1. The van der Waals surface area contributed by atoms with Gasteiger partial charge in [0, 0.05) is 23.5 Å². The molecular formula is C21H20FN3O2. The van der Waals surface area contributed by atoms with E-state index in [0.29, 0.717) is 17.9 Å². The number of nitrogens with one attached hydrogen (secondary N) is 1. The van der Waals surface area contributed by atoms with Gasteiger partial charge in [-0.25, -0.2) is 9.07 Å². The van der Waals surface area contributed by atoms with Crippen molar-refractivity contribution in [3.8, 4) is 11.4 Å². The Morgan fingerprint density at radius 3 is 2.63 bits per heavy atom. The molecule has 3 aromatic rings. The molecule has 4 rings (SSSR count). The molecule has 1 aliphatic heterocycles. The Hall–Kier alpha value is -3.15. The smallest absolute Gasteiger partial charge is 0.226 e. The molecule has 0 spiro atoms. The van der Waals surface area contributed by atoms with Gasteiger partial charge in [0.15, 0.2) is 0 Å². The van der Waals surface area contributed by atoms with E-state index in [9.17, 15) is 9.18 Å². The Balaban J connectivity index is 1.79. The van der Waals surface area contributed by atoms with Crippen molar-refractivity contribution in [2.24, 2.45) is 0 Å². The molecule has 1 unspecified atom stereocenters. The molecule has 27 heavy (non-hydrogen) atoms. The lowest BCUT2D eigenvalue weighted by Crippen LogP contribution is -2.25. The fourth-order valence-electron chi connectivity index (χ4n) is 3.40. The Kier molecular flexibility index (Phi) is 4.39. The summed E-state index contributed by atoms with van der Waals surface area (Å²) in [7, 11) is 0. The standard InChI is InChI=1S/C21H20FN3O2/c1-13(2)27-19-6-4-3-5-16(19)17-11-20(26)24-21-18(17)12-23-25(21)15-9-7-14(22)8-10-15/h3-10,12-13,17H,11H2,1-2H3,(H,24,26). The van der Waals surface area contributed by atoms with E-state index in [-0.39, 0.29) is 23.7 Å². The van der Waals surface area contributed by atoms with E-state index < -0.39 is 0 Å². The molecule has 1 aliphatic rings. The van der Waals surface area contributed by atoms with E-state index in [0.717, 1.165) is 16.9 Å². The Labute approximate surface area is 156 Å². The highest BCUT2D eigenvalue weighted by Gasteiger charge is 2.32. The van der Waals surface area contributed by atoms with Gasteiger partial charge in [0.25, 0.3) is 0 Å². The van der Waals surface area contributed by atoms with Crippen molar-refractivity contribution in [3.05, 3.63) is 71.7 Å². The summed E-state index contributed by atoms with van der Waals surface area (Å²) in [6.45, 7) is 3.95. The van der Waals surface area contributed by atoms with Crippen LogP contribution >= 0.6 is 0 Å². The van der Waals surface area contributed by atoms with Crippen LogP contribution in [-0.2, 0) is 4.79 Å². The van der Waals surface area contributed by atoms with Crippen molar-refractivity contribution in [2.75, 3.05) is 5.32 Å². The number of hydrogen-bond donors (Lipinski definition) is 1.